The molecule has 0 radical (unpaired) electrons. The number of aliphatic carboxylic acids is 1. The Morgan fingerprint density at radius 3 is 2.45 bits per heavy atom. The second-order valence-corrected chi connectivity index (χ2v) is 5.97. The molecule has 0 unspecified atom stereocenters. The molecule has 104 valence electrons. The van der Waals surface area contributed by atoms with Crippen LogP contribution in [-0.2, 0) is 14.3 Å². The SMILES string of the molecule is O=C(O)[C@H]1[C@H](C(=O)Nc2ccccc2I)[C@H]2C=C[C@H]1O2. The Kier molecular flexibility index (Phi) is 3.51. The molecule has 0 aromatic heterocycles. The van der Waals surface area contributed by atoms with Gasteiger partial charge in [0.2, 0.25) is 5.91 Å². The lowest BCUT2D eigenvalue weighted by molar-refractivity contribution is -0.145. The number of fused-ring (bicyclic) bond motifs is 2. The number of amides is 1. The lowest BCUT2D eigenvalue weighted by atomic mass is 9.82. The second kappa shape index (κ2) is 5.17. The van der Waals surface area contributed by atoms with Crippen LogP contribution in [0.15, 0.2) is 36.4 Å². The third-order valence-electron chi connectivity index (χ3n) is 3.62. The van der Waals surface area contributed by atoms with Crippen molar-refractivity contribution in [3.63, 3.8) is 0 Å². The second-order valence-electron chi connectivity index (χ2n) is 4.81. The van der Waals surface area contributed by atoms with Gasteiger partial charge >= 0.3 is 5.97 Å². The lowest BCUT2D eigenvalue weighted by Gasteiger charge is -2.21. The number of hydrogen-bond donors (Lipinski definition) is 2. The summed E-state index contributed by atoms with van der Waals surface area (Å²) < 4.78 is 6.40. The van der Waals surface area contributed by atoms with E-state index in [4.69, 9.17) is 4.74 Å². The van der Waals surface area contributed by atoms with Gasteiger partial charge in [0, 0.05) is 3.57 Å². The van der Waals surface area contributed by atoms with Crippen LogP contribution in [0.2, 0.25) is 0 Å². The molecule has 1 aromatic carbocycles. The lowest BCUT2D eigenvalue weighted by Crippen LogP contribution is -2.39. The summed E-state index contributed by atoms with van der Waals surface area (Å²) in [4.78, 5) is 23.7. The van der Waals surface area contributed by atoms with Crippen LogP contribution in [0.5, 0.6) is 0 Å². The van der Waals surface area contributed by atoms with Crippen LogP contribution in [-0.4, -0.2) is 29.2 Å². The van der Waals surface area contributed by atoms with Gasteiger partial charge in [0.15, 0.2) is 0 Å². The van der Waals surface area contributed by atoms with Gasteiger partial charge in [-0.25, -0.2) is 0 Å². The first kappa shape index (κ1) is 13.6. The highest BCUT2D eigenvalue weighted by Crippen LogP contribution is 2.40. The molecular weight excluding hydrogens is 373 g/mol. The maximum Gasteiger partial charge on any atom is 0.310 e. The normalized spacial score (nSPS) is 30.4. The predicted octanol–water partition coefficient (Wildman–Crippen LogP) is 1.88. The fourth-order valence-corrected chi connectivity index (χ4v) is 3.22. The summed E-state index contributed by atoms with van der Waals surface area (Å²) in [6, 6.07) is 7.37. The molecule has 3 rings (SSSR count). The molecule has 1 aromatic rings. The van der Waals surface area contributed by atoms with E-state index in [-0.39, 0.29) is 5.91 Å². The maximum absolute atomic E-state index is 12.4. The molecule has 1 fully saturated rings. The largest absolute Gasteiger partial charge is 0.481 e. The van der Waals surface area contributed by atoms with E-state index in [9.17, 15) is 14.7 Å². The number of halogens is 1. The highest BCUT2D eigenvalue weighted by molar-refractivity contribution is 14.1. The van der Waals surface area contributed by atoms with Crippen LogP contribution in [0.1, 0.15) is 0 Å². The molecule has 1 saturated heterocycles. The van der Waals surface area contributed by atoms with Crippen molar-refractivity contribution in [1.29, 1.82) is 0 Å². The Labute approximate surface area is 129 Å². The highest BCUT2D eigenvalue weighted by atomic mass is 127. The van der Waals surface area contributed by atoms with Crippen molar-refractivity contribution < 1.29 is 19.4 Å². The van der Waals surface area contributed by atoms with Gasteiger partial charge in [0.05, 0.1) is 23.8 Å². The number of rotatable bonds is 3. The van der Waals surface area contributed by atoms with Crippen LogP contribution in [0.4, 0.5) is 5.69 Å². The first-order valence-electron chi connectivity index (χ1n) is 6.20. The topological polar surface area (TPSA) is 75.6 Å². The number of ether oxygens (including phenoxy) is 1. The minimum atomic E-state index is -0.996. The fourth-order valence-electron chi connectivity index (χ4n) is 2.69. The predicted molar refractivity (Wildman–Crippen MR) is 80.2 cm³/mol. The van der Waals surface area contributed by atoms with Crippen molar-refractivity contribution in [2.45, 2.75) is 12.2 Å². The number of hydrogen-bond acceptors (Lipinski definition) is 3. The highest BCUT2D eigenvalue weighted by Gasteiger charge is 2.53. The van der Waals surface area contributed by atoms with Gasteiger partial charge in [-0.05, 0) is 34.7 Å². The van der Waals surface area contributed by atoms with Gasteiger partial charge in [-0.3, -0.25) is 9.59 Å². The molecule has 2 heterocycles. The molecular formula is C14H12INO4. The zero-order valence-electron chi connectivity index (χ0n) is 10.3. The Balaban J connectivity index is 1.82. The summed E-state index contributed by atoms with van der Waals surface area (Å²) in [6.07, 6.45) is 2.55. The Hall–Kier alpha value is -1.41. The number of carbonyl (C=O) groups excluding carboxylic acids is 1. The molecule has 4 atom stereocenters. The Morgan fingerprint density at radius 1 is 1.15 bits per heavy atom. The molecule has 0 saturated carbocycles. The van der Waals surface area contributed by atoms with E-state index in [2.05, 4.69) is 27.9 Å². The van der Waals surface area contributed by atoms with Crippen LogP contribution in [0.25, 0.3) is 0 Å². The average molecular weight is 385 g/mol. The van der Waals surface area contributed by atoms with Crippen molar-refractivity contribution in [2.24, 2.45) is 11.8 Å². The minimum absolute atomic E-state index is 0.307. The van der Waals surface area contributed by atoms with Gasteiger partial charge in [-0.15, -0.1) is 0 Å². The molecule has 0 aliphatic carbocycles. The number of anilines is 1. The molecule has 2 aliphatic heterocycles. The number of carboxylic acids is 1. The van der Waals surface area contributed by atoms with Crippen LogP contribution >= 0.6 is 22.6 Å². The molecule has 6 heteroatoms. The summed E-state index contributed by atoms with van der Waals surface area (Å²) in [5.74, 6) is -2.80. The van der Waals surface area contributed by atoms with E-state index < -0.39 is 30.0 Å². The van der Waals surface area contributed by atoms with Crippen molar-refractivity contribution in [3.8, 4) is 0 Å². The number of nitrogens with one attached hydrogen (secondary N) is 1. The summed E-state index contributed by atoms with van der Waals surface area (Å²) in [7, 11) is 0. The van der Waals surface area contributed by atoms with Crippen LogP contribution in [0.3, 0.4) is 0 Å². The van der Waals surface area contributed by atoms with E-state index in [0.29, 0.717) is 5.69 Å². The van der Waals surface area contributed by atoms with E-state index in [1.807, 2.05) is 18.2 Å². The number of carbonyl (C=O) groups is 2. The molecule has 20 heavy (non-hydrogen) atoms. The number of benzene rings is 1. The van der Waals surface area contributed by atoms with E-state index in [0.717, 1.165) is 3.57 Å². The average Bonchev–Trinajstić information content (AvgIpc) is 3.01. The van der Waals surface area contributed by atoms with Crippen molar-refractivity contribution >= 4 is 40.2 Å². The number of para-hydroxylation sites is 1. The molecule has 2 aliphatic rings. The Morgan fingerprint density at radius 2 is 1.80 bits per heavy atom. The zero-order chi connectivity index (χ0) is 14.3. The summed E-state index contributed by atoms with van der Waals surface area (Å²) in [5.41, 5.74) is 0.689. The van der Waals surface area contributed by atoms with Crippen molar-refractivity contribution in [2.75, 3.05) is 5.32 Å². The van der Waals surface area contributed by atoms with E-state index >= 15 is 0 Å². The van der Waals surface area contributed by atoms with Crippen molar-refractivity contribution in [1.82, 2.24) is 0 Å². The first-order valence-corrected chi connectivity index (χ1v) is 7.28. The van der Waals surface area contributed by atoms with Gasteiger partial charge in [0.25, 0.3) is 0 Å². The van der Waals surface area contributed by atoms with Crippen molar-refractivity contribution in [3.05, 3.63) is 40.0 Å². The van der Waals surface area contributed by atoms with Gasteiger partial charge in [-0.1, -0.05) is 24.3 Å². The minimum Gasteiger partial charge on any atom is -0.481 e. The van der Waals surface area contributed by atoms with Gasteiger partial charge in [-0.2, -0.15) is 0 Å². The fraction of sp³-hybridized carbons (Fsp3) is 0.286. The van der Waals surface area contributed by atoms with E-state index in [1.54, 1.807) is 18.2 Å². The molecule has 2 N–H and O–H groups in total. The first-order chi connectivity index (χ1) is 9.58. The van der Waals surface area contributed by atoms with Gasteiger partial charge in [0.1, 0.15) is 5.92 Å². The zero-order valence-corrected chi connectivity index (χ0v) is 12.5. The summed E-state index contributed by atoms with van der Waals surface area (Å²) in [6.45, 7) is 0. The monoisotopic (exact) mass is 385 g/mol. The molecule has 0 spiro atoms. The number of carboxylic acid groups (broad SMARTS) is 1. The molecule has 2 bridgehead atoms. The quantitative estimate of drug-likeness (QED) is 0.616. The Bertz CT molecular complexity index is 601. The van der Waals surface area contributed by atoms with Gasteiger partial charge < -0.3 is 15.2 Å². The van der Waals surface area contributed by atoms with Crippen LogP contribution < -0.4 is 5.32 Å². The maximum atomic E-state index is 12.4. The summed E-state index contributed by atoms with van der Waals surface area (Å²) >= 11 is 2.12. The molecule has 5 nitrogen and oxygen atoms in total. The standard InChI is InChI=1S/C14H12INO4/c15-7-3-1-2-4-8(7)16-13(17)11-9-5-6-10(20-9)12(11)14(18)19/h1-6,9-12H,(H,16,17)(H,18,19)/t9-,10-,11-,12-/m1/s1. The third kappa shape index (κ3) is 2.22. The van der Waals surface area contributed by atoms with E-state index in [1.165, 1.54) is 0 Å². The molecule has 1 amide bonds. The summed E-state index contributed by atoms with van der Waals surface area (Å²) in [5, 5.41) is 12.1. The third-order valence-corrected chi connectivity index (χ3v) is 4.56. The van der Waals surface area contributed by atoms with Crippen LogP contribution in [0, 0.1) is 15.4 Å². The smallest absolute Gasteiger partial charge is 0.310 e.